The average molecular weight is 210 g/mol. The van der Waals surface area contributed by atoms with Crippen LogP contribution in [0.3, 0.4) is 0 Å². The summed E-state index contributed by atoms with van der Waals surface area (Å²) >= 11 is 0. The van der Waals surface area contributed by atoms with Gasteiger partial charge in [0, 0.05) is 0 Å². The van der Waals surface area contributed by atoms with Gasteiger partial charge in [-0.05, 0) is 64.7 Å². The first-order valence-electron chi connectivity index (χ1n) is 6.13. The van der Waals surface area contributed by atoms with Crippen LogP contribution in [0.25, 0.3) is 0 Å². The highest BCUT2D eigenvalue weighted by Gasteiger charge is 2.46. The van der Waals surface area contributed by atoms with E-state index in [9.17, 15) is 4.79 Å². The molecule has 86 valence electrons. The molecule has 0 aromatic heterocycles. The minimum absolute atomic E-state index is 0.0259. The van der Waals surface area contributed by atoms with Gasteiger partial charge in [-0.1, -0.05) is 0 Å². The molecule has 0 bridgehead atoms. The Kier molecular flexibility index (Phi) is 2.56. The summed E-state index contributed by atoms with van der Waals surface area (Å²) in [6.07, 6.45) is 7.39. The summed E-state index contributed by atoms with van der Waals surface area (Å²) < 4.78 is 5.43. The first-order valence-corrected chi connectivity index (χ1v) is 6.13. The van der Waals surface area contributed by atoms with Crippen LogP contribution < -0.4 is 0 Å². The van der Waals surface area contributed by atoms with Crippen LogP contribution in [-0.4, -0.2) is 11.6 Å². The third-order valence-electron chi connectivity index (χ3n) is 3.74. The molecule has 2 aliphatic carbocycles. The van der Waals surface area contributed by atoms with Crippen LogP contribution in [0, 0.1) is 11.3 Å². The molecule has 0 aromatic rings. The molecule has 2 aliphatic rings. The average Bonchev–Trinajstić information content (AvgIpc) is 2.83. The third kappa shape index (κ3) is 2.73. The molecule has 0 heterocycles. The van der Waals surface area contributed by atoms with Gasteiger partial charge in [-0.25, -0.2) is 0 Å². The zero-order valence-corrected chi connectivity index (χ0v) is 10.1. The summed E-state index contributed by atoms with van der Waals surface area (Å²) in [7, 11) is 0. The lowest BCUT2D eigenvalue weighted by molar-refractivity contribution is -0.161. The van der Waals surface area contributed by atoms with Crippen molar-refractivity contribution in [3.05, 3.63) is 0 Å². The van der Waals surface area contributed by atoms with Crippen molar-refractivity contribution >= 4 is 5.97 Å². The third-order valence-corrected chi connectivity index (χ3v) is 3.74. The number of ether oxygens (including phenoxy) is 1. The van der Waals surface area contributed by atoms with Crippen LogP contribution in [-0.2, 0) is 9.53 Å². The van der Waals surface area contributed by atoms with Crippen LogP contribution in [0.15, 0.2) is 0 Å². The number of esters is 1. The molecule has 0 saturated heterocycles. The first-order chi connectivity index (χ1) is 6.90. The maximum atomic E-state index is 11.8. The molecule has 0 N–H and O–H groups in total. The molecule has 0 radical (unpaired) electrons. The topological polar surface area (TPSA) is 26.3 Å². The number of hydrogen-bond acceptors (Lipinski definition) is 2. The Bertz CT molecular complexity index is 248. The highest BCUT2D eigenvalue weighted by molar-refractivity contribution is 5.73. The van der Waals surface area contributed by atoms with E-state index in [0.717, 1.165) is 12.8 Å². The van der Waals surface area contributed by atoms with Gasteiger partial charge < -0.3 is 4.74 Å². The summed E-state index contributed by atoms with van der Waals surface area (Å²) in [5, 5.41) is 0. The largest absolute Gasteiger partial charge is 0.460 e. The summed E-state index contributed by atoms with van der Waals surface area (Å²) in [4.78, 5) is 11.8. The van der Waals surface area contributed by atoms with Gasteiger partial charge in [0.25, 0.3) is 0 Å². The van der Waals surface area contributed by atoms with Gasteiger partial charge in [-0.15, -0.1) is 0 Å². The number of carbonyl (C=O) groups excluding carboxylic acids is 1. The summed E-state index contributed by atoms with van der Waals surface area (Å²) in [6, 6.07) is 0. The molecule has 2 heteroatoms. The number of rotatable bonds is 1. The Morgan fingerprint density at radius 2 is 1.67 bits per heavy atom. The molecule has 0 aliphatic heterocycles. The molecule has 0 unspecified atom stereocenters. The van der Waals surface area contributed by atoms with Gasteiger partial charge in [0.1, 0.15) is 5.60 Å². The molecule has 15 heavy (non-hydrogen) atoms. The van der Waals surface area contributed by atoms with Gasteiger partial charge in [0.05, 0.1) is 5.92 Å². The van der Waals surface area contributed by atoms with Crippen LogP contribution in [0.4, 0.5) is 0 Å². The normalized spacial score (nSPS) is 25.3. The van der Waals surface area contributed by atoms with Gasteiger partial charge in [-0.2, -0.15) is 0 Å². The van der Waals surface area contributed by atoms with Gasteiger partial charge in [-0.3, -0.25) is 4.79 Å². The lowest BCUT2D eigenvalue weighted by Crippen LogP contribution is -2.31. The molecule has 0 atom stereocenters. The van der Waals surface area contributed by atoms with Crippen LogP contribution in [0.1, 0.15) is 59.3 Å². The molecule has 2 fully saturated rings. The van der Waals surface area contributed by atoms with Crippen molar-refractivity contribution in [2.45, 2.75) is 64.9 Å². The second-order valence-electron chi connectivity index (χ2n) is 6.31. The SMILES string of the molecule is CC(C)(C)OC(=O)C1CCC2(CC1)CC2. The van der Waals surface area contributed by atoms with Gasteiger partial charge in [0.15, 0.2) is 0 Å². The van der Waals surface area contributed by atoms with E-state index in [1.54, 1.807) is 0 Å². The maximum Gasteiger partial charge on any atom is 0.309 e. The van der Waals surface area contributed by atoms with Crippen LogP contribution in [0.5, 0.6) is 0 Å². The highest BCUT2D eigenvalue weighted by atomic mass is 16.6. The summed E-state index contributed by atoms with van der Waals surface area (Å²) in [5.74, 6) is 0.202. The van der Waals surface area contributed by atoms with Crippen molar-refractivity contribution in [3.63, 3.8) is 0 Å². The fourth-order valence-corrected chi connectivity index (χ4v) is 2.53. The van der Waals surface area contributed by atoms with E-state index in [-0.39, 0.29) is 17.5 Å². The second-order valence-corrected chi connectivity index (χ2v) is 6.31. The second kappa shape index (κ2) is 3.50. The number of carbonyl (C=O) groups is 1. The molecule has 2 nitrogen and oxygen atoms in total. The standard InChI is InChI=1S/C13H22O2/c1-12(2,3)15-11(14)10-4-6-13(7-5-10)8-9-13/h10H,4-9H2,1-3H3. The summed E-state index contributed by atoms with van der Waals surface area (Å²) in [6.45, 7) is 5.82. The molecule has 2 saturated carbocycles. The molecule has 1 spiro atoms. The Labute approximate surface area is 92.4 Å². The van der Waals surface area contributed by atoms with Gasteiger partial charge in [0.2, 0.25) is 0 Å². The Morgan fingerprint density at radius 1 is 1.13 bits per heavy atom. The monoisotopic (exact) mass is 210 g/mol. The minimum atomic E-state index is -0.328. The lowest BCUT2D eigenvalue weighted by atomic mass is 9.80. The highest BCUT2D eigenvalue weighted by Crippen LogP contribution is 2.57. The van der Waals surface area contributed by atoms with E-state index in [1.807, 2.05) is 20.8 Å². The fraction of sp³-hybridized carbons (Fsp3) is 0.923. The molecule has 0 aromatic carbocycles. The van der Waals surface area contributed by atoms with E-state index in [2.05, 4.69) is 0 Å². The molecular formula is C13H22O2. The lowest BCUT2D eigenvalue weighted by Gasteiger charge is -2.29. The smallest absolute Gasteiger partial charge is 0.309 e. The van der Waals surface area contributed by atoms with E-state index >= 15 is 0 Å². The van der Waals surface area contributed by atoms with E-state index < -0.39 is 0 Å². The van der Waals surface area contributed by atoms with Crippen molar-refractivity contribution in [1.82, 2.24) is 0 Å². The van der Waals surface area contributed by atoms with E-state index in [1.165, 1.54) is 25.7 Å². The zero-order chi connectivity index (χ0) is 11.1. The predicted octanol–water partition coefficient (Wildman–Crippen LogP) is 3.30. The molecule has 0 amide bonds. The molecular weight excluding hydrogens is 188 g/mol. The molecule has 2 rings (SSSR count). The fourth-order valence-electron chi connectivity index (χ4n) is 2.53. The Balaban J connectivity index is 1.82. The van der Waals surface area contributed by atoms with Crippen molar-refractivity contribution in [1.29, 1.82) is 0 Å². The first kappa shape index (κ1) is 11.0. The van der Waals surface area contributed by atoms with Crippen LogP contribution in [0.2, 0.25) is 0 Å². The van der Waals surface area contributed by atoms with E-state index in [4.69, 9.17) is 4.74 Å². The van der Waals surface area contributed by atoms with Crippen molar-refractivity contribution in [2.24, 2.45) is 11.3 Å². The van der Waals surface area contributed by atoms with Gasteiger partial charge >= 0.3 is 5.97 Å². The minimum Gasteiger partial charge on any atom is -0.460 e. The van der Waals surface area contributed by atoms with Crippen molar-refractivity contribution < 1.29 is 9.53 Å². The Hall–Kier alpha value is -0.530. The quantitative estimate of drug-likeness (QED) is 0.621. The maximum absolute atomic E-state index is 11.8. The van der Waals surface area contributed by atoms with Crippen molar-refractivity contribution in [3.8, 4) is 0 Å². The van der Waals surface area contributed by atoms with Crippen LogP contribution >= 0.6 is 0 Å². The predicted molar refractivity (Wildman–Crippen MR) is 59.5 cm³/mol. The van der Waals surface area contributed by atoms with E-state index in [0.29, 0.717) is 5.41 Å². The Morgan fingerprint density at radius 3 is 2.07 bits per heavy atom. The van der Waals surface area contributed by atoms with Crippen molar-refractivity contribution in [2.75, 3.05) is 0 Å². The summed E-state index contributed by atoms with van der Waals surface area (Å²) in [5.41, 5.74) is 0.338. The zero-order valence-electron chi connectivity index (χ0n) is 10.1. The number of hydrogen-bond donors (Lipinski definition) is 0.